The third kappa shape index (κ3) is 7.50. The van der Waals surface area contributed by atoms with Crippen molar-refractivity contribution < 1.29 is 14.3 Å². The fourth-order valence-corrected chi connectivity index (χ4v) is 5.22. The van der Waals surface area contributed by atoms with Gasteiger partial charge >= 0.3 is 0 Å². The van der Waals surface area contributed by atoms with Gasteiger partial charge < -0.3 is 19.9 Å². The normalized spacial score (nSPS) is 14.0. The lowest BCUT2D eigenvalue weighted by Crippen LogP contribution is -2.28. The summed E-state index contributed by atoms with van der Waals surface area (Å²) in [6.45, 7) is 7.37. The molecule has 0 spiro atoms. The van der Waals surface area contributed by atoms with E-state index in [0.29, 0.717) is 37.4 Å². The molecule has 0 aliphatic carbocycles. The summed E-state index contributed by atoms with van der Waals surface area (Å²) in [7, 11) is 5.89. The van der Waals surface area contributed by atoms with Crippen LogP contribution in [-0.4, -0.2) is 81.5 Å². The lowest BCUT2D eigenvalue weighted by Gasteiger charge is -2.18. The predicted molar refractivity (Wildman–Crippen MR) is 167 cm³/mol. The summed E-state index contributed by atoms with van der Waals surface area (Å²) in [5.74, 6) is 0.739. The van der Waals surface area contributed by atoms with Crippen LogP contribution in [-0.2, 0) is 18.4 Å². The number of carbonyl (C=O) groups excluding carboxylic acids is 2. The highest BCUT2D eigenvalue weighted by atomic mass is 16.5. The molecule has 0 radical (unpaired) electrons. The Morgan fingerprint density at radius 2 is 1.91 bits per heavy atom. The number of benzene rings is 2. The largest absolute Gasteiger partial charge is 0.492 e. The van der Waals surface area contributed by atoms with Crippen LogP contribution in [0.4, 0.5) is 0 Å². The Bertz CT molecular complexity index is 1590. The van der Waals surface area contributed by atoms with Crippen molar-refractivity contribution >= 4 is 11.8 Å². The third-order valence-corrected chi connectivity index (χ3v) is 7.81. The van der Waals surface area contributed by atoms with Crippen LogP contribution in [0.2, 0.25) is 0 Å². The minimum Gasteiger partial charge on any atom is -0.492 e. The van der Waals surface area contributed by atoms with Gasteiger partial charge in [-0.05, 0) is 87.5 Å². The highest BCUT2D eigenvalue weighted by Gasteiger charge is 2.20. The first-order valence-electron chi connectivity index (χ1n) is 14.8. The number of aryl methyl sites for hydroxylation is 2. The van der Waals surface area contributed by atoms with Crippen LogP contribution in [0.25, 0.3) is 22.4 Å². The van der Waals surface area contributed by atoms with Crippen LogP contribution in [0, 0.1) is 6.92 Å². The van der Waals surface area contributed by atoms with Crippen LogP contribution in [0.1, 0.15) is 47.3 Å². The second kappa shape index (κ2) is 13.2. The van der Waals surface area contributed by atoms with Crippen molar-refractivity contribution in [3.05, 3.63) is 77.7 Å². The second-order valence-corrected chi connectivity index (χ2v) is 11.5. The zero-order valence-corrected chi connectivity index (χ0v) is 25.7. The Hall–Kier alpha value is -4.44. The molecule has 1 saturated heterocycles. The zero-order valence-electron chi connectivity index (χ0n) is 25.7. The molecule has 0 bridgehead atoms. The Morgan fingerprint density at radius 1 is 1.09 bits per heavy atom. The number of nitrogens with one attached hydrogen (secondary N) is 1. The predicted octanol–water partition coefficient (Wildman–Crippen LogP) is 4.31. The van der Waals surface area contributed by atoms with Crippen molar-refractivity contribution in [1.29, 1.82) is 0 Å². The molecule has 5 rings (SSSR count). The number of amides is 2. The van der Waals surface area contributed by atoms with Gasteiger partial charge in [0.2, 0.25) is 5.91 Å². The topological polar surface area (TPSA) is 97.5 Å². The maximum Gasteiger partial charge on any atom is 0.252 e. The molecule has 3 heterocycles. The molecule has 0 saturated carbocycles. The summed E-state index contributed by atoms with van der Waals surface area (Å²) in [5, 5.41) is 12.4. The van der Waals surface area contributed by atoms with E-state index in [4.69, 9.17) is 4.74 Å². The summed E-state index contributed by atoms with van der Waals surface area (Å²) in [6, 6.07) is 13.6. The van der Waals surface area contributed by atoms with Crippen LogP contribution < -0.4 is 10.1 Å². The molecule has 0 unspecified atom stereocenters. The quantitative estimate of drug-likeness (QED) is 0.267. The number of rotatable bonds is 12. The molecule has 4 aromatic rings. The molecular weight excluding hydrogens is 542 g/mol. The number of carbonyl (C=O) groups is 2. The molecule has 10 heteroatoms. The molecule has 1 fully saturated rings. The van der Waals surface area contributed by atoms with Gasteiger partial charge in [-0.2, -0.15) is 10.2 Å². The minimum absolute atomic E-state index is 0.155. The Labute approximate surface area is 253 Å². The maximum atomic E-state index is 13.5. The van der Waals surface area contributed by atoms with E-state index in [9.17, 15) is 9.59 Å². The van der Waals surface area contributed by atoms with Gasteiger partial charge in [-0.25, -0.2) is 0 Å². The van der Waals surface area contributed by atoms with Gasteiger partial charge in [0.05, 0.1) is 24.5 Å². The molecule has 1 atom stereocenters. The van der Waals surface area contributed by atoms with Crippen LogP contribution in [0.5, 0.6) is 5.75 Å². The van der Waals surface area contributed by atoms with Crippen molar-refractivity contribution in [2.45, 2.75) is 39.3 Å². The van der Waals surface area contributed by atoms with E-state index in [1.54, 1.807) is 4.68 Å². The molecule has 10 nitrogen and oxygen atoms in total. The Kier molecular flexibility index (Phi) is 9.25. The van der Waals surface area contributed by atoms with Crippen molar-refractivity contribution in [3.63, 3.8) is 0 Å². The first kappa shape index (κ1) is 30.0. The van der Waals surface area contributed by atoms with E-state index >= 15 is 0 Å². The highest BCUT2D eigenvalue weighted by molar-refractivity contribution is 5.96. The fraction of sp³-hybridized carbons (Fsp3) is 0.394. The van der Waals surface area contributed by atoms with Crippen molar-refractivity contribution in [3.8, 4) is 28.1 Å². The summed E-state index contributed by atoms with van der Waals surface area (Å²) in [6.07, 6.45) is 7.34. The monoisotopic (exact) mass is 583 g/mol. The van der Waals surface area contributed by atoms with Crippen molar-refractivity contribution in [1.82, 2.24) is 34.7 Å². The first-order valence-corrected chi connectivity index (χ1v) is 14.8. The van der Waals surface area contributed by atoms with Gasteiger partial charge in [0.15, 0.2) is 0 Å². The number of hydrogen-bond acceptors (Lipinski definition) is 6. The van der Waals surface area contributed by atoms with Crippen LogP contribution in [0.3, 0.4) is 0 Å². The molecule has 1 N–H and O–H groups in total. The zero-order chi connectivity index (χ0) is 30.5. The number of ether oxygens (including phenoxy) is 1. The van der Waals surface area contributed by atoms with Gasteiger partial charge in [-0.1, -0.05) is 6.07 Å². The Balaban J connectivity index is 1.36. The molecule has 2 amide bonds. The van der Waals surface area contributed by atoms with Crippen LogP contribution >= 0.6 is 0 Å². The number of hydrogen-bond donors (Lipinski definition) is 1. The summed E-state index contributed by atoms with van der Waals surface area (Å²) >= 11 is 0. The second-order valence-electron chi connectivity index (χ2n) is 11.5. The average molecular weight is 584 g/mol. The van der Waals surface area contributed by atoms with E-state index in [-0.39, 0.29) is 17.9 Å². The number of aromatic nitrogens is 4. The highest BCUT2D eigenvalue weighted by Crippen LogP contribution is 2.30. The van der Waals surface area contributed by atoms with Gasteiger partial charge in [-0.3, -0.25) is 19.0 Å². The van der Waals surface area contributed by atoms with E-state index < -0.39 is 0 Å². The molecule has 226 valence electrons. The van der Waals surface area contributed by atoms with Crippen LogP contribution in [0.15, 0.2) is 61.1 Å². The Morgan fingerprint density at radius 3 is 2.63 bits per heavy atom. The molecule has 43 heavy (non-hydrogen) atoms. The SMILES string of the molecule is Cc1ccc(OCCN(C)C)cc1C(=O)N[C@H](C)c1cc(-c2cnn(CCN3CCCC3=O)c2)cc(-c2ccn(C)n2)c1. The molecule has 2 aromatic heterocycles. The number of likely N-dealkylation sites (N-methyl/N-ethyl adjacent to an activating group) is 1. The van der Waals surface area contributed by atoms with Gasteiger partial charge in [-0.15, -0.1) is 0 Å². The van der Waals surface area contributed by atoms with E-state index in [1.165, 1.54) is 0 Å². The van der Waals surface area contributed by atoms with E-state index in [0.717, 1.165) is 53.0 Å². The molecule has 2 aromatic carbocycles. The molecular formula is C33H41N7O3. The maximum absolute atomic E-state index is 13.5. The van der Waals surface area contributed by atoms with Gasteiger partial charge in [0.1, 0.15) is 12.4 Å². The number of nitrogens with zero attached hydrogens (tertiary/aromatic N) is 6. The first-order chi connectivity index (χ1) is 20.7. The van der Waals surface area contributed by atoms with Crippen molar-refractivity contribution in [2.75, 3.05) is 40.3 Å². The molecule has 1 aliphatic heterocycles. The number of likely N-dealkylation sites (tertiary alicyclic amines) is 1. The summed E-state index contributed by atoms with van der Waals surface area (Å²) < 4.78 is 9.54. The standard InChI is InChI=1S/C33H41N7O3/c1-23-8-9-29(43-16-15-37(3)4)20-30(23)33(42)35-24(2)25-17-26(19-27(18-25)31-10-12-38(5)36-31)28-21-34-40(22-28)14-13-39-11-6-7-32(39)41/h8-10,12,17-22,24H,6-7,11,13-16H2,1-5H3,(H,35,42)/t24-/m1/s1. The minimum atomic E-state index is -0.274. The average Bonchev–Trinajstić information content (AvgIpc) is 3.73. The third-order valence-electron chi connectivity index (χ3n) is 7.81. The summed E-state index contributed by atoms with van der Waals surface area (Å²) in [4.78, 5) is 29.4. The smallest absolute Gasteiger partial charge is 0.252 e. The lowest BCUT2D eigenvalue weighted by molar-refractivity contribution is -0.127. The van der Waals surface area contributed by atoms with Gasteiger partial charge in [0, 0.05) is 62.2 Å². The summed E-state index contributed by atoms with van der Waals surface area (Å²) in [5.41, 5.74) is 6.18. The molecule has 1 aliphatic rings. The van der Waals surface area contributed by atoms with Gasteiger partial charge in [0.25, 0.3) is 5.91 Å². The van der Waals surface area contributed by atoms with E-state index in [2.05, 4.69) is 38.6 Å². The van der Waals surface area contributed by atoms with E-state index in [1.807, 2.05) is 87.4 Å². The lowest BCUT2D eigenvalue weighted by atomic mass is 9.96. The van der Waals surface area contributed by atoms with Crippen molar-refractivity contribution in [2.24, 2.45) is 7.05 Å². The fourth-order valence-electron chi connectivity index (χ4n) is 5.22.